The predicted molar refractivity (Wildman–Crippen MR) is 98.3 cm³/mol. The van der Waals surface area contributed by atoms with Crippen LogP contribution in [-0.2, 0) is 17.8 Å². The van der Waals surface area contributed by atoms with Crippen LogP contribution < -0.4 is 10.9 Å². The van der Waals surface area contributed by atoms with Crippen LogP contribution in [0.2, 0.25) is 10.0 Å². The van der Waals surface area contributed by atoms with E-state index in [-0.39, 0.29) is 18.0 Å². The number of aryl methyl sites for hydroxylation is 1. The maximum absolute atomic E-state index is 12.5. The average Bonchev–Trinajstić information content (AvgIpc) is 2.98. The molecule has 0 aliphatic rings. The number of carbonyl (C=O) groups is 1. The first kappa shape index (κ1) is 17.0. The minimum Gasteiger partial charge on any atom is -0.323 e. The Labute approximate surface area is 151 Å². The molecular formula is C16H13Cl2N3O2S. The highest BCUT2D eigenvalue weighted by Gasteiger charge is 2.12. The Morgan fingerprint density at radius 1 is 1.33 bits per heavy atom. The van der Waals surface area contributed by atoms with Crippen molar-refractivity contribution in [1.29, 1.82) is 0 Å². The summed E-state index contributed by atoms with van der Waals surface area (Å²) in [5, 5.41) is 4.02. The number of halogens is 2. The third-order valence-corrected chi connectivity index (χ3v) is 5.19. The van der Waals surface area contributed by atoms with Crippen molar-refractivity contribution in [1.82, 2.24) is 9.55 Å². The van der Waals surface area contributed by atoms with Crippen LogP contribution in [0.1, 0.15) is 11.8 Å². The molecule has 1 N–H and O–H groups in total. The maximum atomic E-state index is 12.5. The SMILES string of the molecule is CCc1cc2c(=O)n(CC(=O)Nc3cc(Cl)ccc3Cl)cnc2s1. The number of thiophene rings is 1. The van der Waals surface area contributed by atoms with E-state index in [4.69, 9.17) is 23.2 Å². The zero-order valence-corrected chi connectivity index (χ0v) is 15.0. The number of fused-ring (bicyclic) bond motifs is 1. The van der Waals surface area contributed by atoms with E-state index in [2.05, 4.69) is 10.3 Å². The van der Waals surface area contributed by atoms with Gasteiger partial charge in [-0.05, 0) is 30.7 Å². The minimum absolute atomic E-state index is 0.151. The fourth-order valence-corrected chi connectivity index (χ4v) is 3.50. The number of anilines is 1. The summed E-state index contributed by atoms with van der Waals surface area (Å²) in [4.78, 5) is 30.7. The van der Waals surface area contributed by atoms with Crippen molar-refractivity contribution in [2.24, 2.45) is 0 Å². The molecule has 0 unspecified atom stereocenters. The van der Waals surface area contributed by atoms with Gasteiger partial charge in [-0.3, -0.25) is 14.2 Å². The molecule has 3 rings (SSSR count). The lowest BCUT2D eigenvalue weighted by molar-refractivity contribution is -0.116. The molecule has 24 heavy (non-hydrogen) atoms. The lowest BCUT2D eigenvalue weighted by Crippen LogP contribution is -2.27. The highest BCUT2D eigenvalue weighted by atomic mass is 35.5. The van der Waals surface area contributed by atoms with Crippen LogP contribution in [0.15, 0.2) is 35.4 Å². The molecule has 5 nitrogen and oxygen atoms in total. The van der Waals surface area contributed by atoms with Crippen molar-refractivity contribution >= 4 is 56.3 Å². The van der Waals surface area contributed by atoms with E-state index in [0.29, 0.717) is 25.9 Å². The molecule has 0 saturated heterocycles. The Bertz CT molecular complexity index is 981. The number of aromatic nitrogens is 2. The smallest absolute Gasteiger partial charge is 0.262 e. The van der Waals surface area contributed by atoms with Crippen molar-refractivity contribution < 1.29 is 4.79 Å². The van der Waals surface area contributed by atoms with Crippen molar-refractivity contribution in [3.8, 4) is 0 Å². The number of hydrogen-bond acceptors (Lipinski definition) is 4. The third-order valence-electron chi connectivity index (χ3n) is 3.43. The molecule has 0 atom stereocenters. The van der Waals surface area contributed by atoms with Gasteiger partial charge in [0.2, 0.25) is 5.91 Å². The van der Waals surface area contributed by atoms with Crippen LogP contribution in [-0.4, -0.2) is 15.5 Å². The predicted octanol–water partition coefficient (Wildman–Crippen LogP) is 3.97. The Morgan fingerprint density at radius 3 is 2.88 bits per heavy atom. The molecule has 1 amide bonds. The summed E-state index contributed by atoms with van der Waals surface area (Å²) in [6.45, 7) is 1.87. The fraction of sp³-hybridized carbons (Fsp3) is 0.188. The van der Waals surface area contributed by atoms with Gasteiger partial charge in [0.1, 0.15) is 11.4 Å². The van der Waals surface area contributed by atoms with E-state index < -0.39 is 0 Å². The number of hydrogen-bond donors (Lipinski definition) is 1. The van der Waals surface area contributed by atoms with Gasteiger partial charge in [-0.1, -0.05) is 30.1 Å². The van der Waals surface area contributed by atoms with Crippen LogP contribution in [0.3, 0.4) is 0 Å². The van der Waals surface area contributed by atoms with Gasteiger partial charge >= 0.3 is 0 Å². The first-order chi connectivity index (χ1) is 11.5. The molecule has 0 fully saturated rings. The number of nitrogens with one attached hydrogen (secondary N) is 1. The lowest BCUT2D eigenvalue weighted by atomic mass is 10.3. The molecular weight excluding hydrogens is 369 g/mol. The molecule has 0 spiro atoms. The Kier molecular flexibility index (Phi) is 4.89. The summed E-state index contributed by atoms with van der Waals surface area (Å²) in [6.07, 6.45) is 2.23. The highest BCUT2D eigenvalue weighted by molar-refractivity contribution is 7.18. The molecule has 0 bridgehead atoms. The number of rotatable bonds is 4. The average molecular weight is 382 g/mol. The Balaban J connectivity index is 1.84. The van der Waals surface area contributed by atoms with Gasteiger partial charge in [0.05, 0.1) is 22.4 Å². The van der Waals surface area contributed by atoms with Gasteiger partial charge in [-0.15, -0.1) is 11.3 Å². The van der Waals surface area contributed by atoms with Crippen molar-refractivity contribution in [3.05, 3.63) is 55.9 Å². The van der Waals surface area contributed by atoms with E-state index in [1.807, 2.05) is 13.0 Å². The second-order valence-electron chi connectivity index (χ2n) is 5.14. The van der Waals surface area contributed by atoms with Crippen LogP contribution in [0.5, 0.6) is 0 Å². The molecule has 1 aromatic carbocycles. The number of nitrogens with zero attached hydrogens (tertiary/aromatic N) is 2. The quantitative estimate of drug-likeness (QED) is 0.743. The molecule has 0 radical (unpaired) electrons. The molecule has 0 saturated carbocycles. The summed E-state index contributed by atoms with van der Waals surface area (Å²) in [5.41, 5.74) is 0.170. The molecule has 2 heterocycles. The van der Waals surface area contributed by atoms with Crippen molar-refractivity contribution in [2.45, 2.75) is 19.9 Å². The topological polar surface area (TPSA) is 64.0 Å². The van der Waals surface area contributed by atoms with Gasteiger partial charge in [0.15, 0.2) is 0 Å². The van der Waals surface area contributed by atoms with Crippen molar-refractivity contribution in [3.63, 3.8) is 0 Å². The second kappa shape index (κ2) is 6.93. The first-order valence-electron chi connectivity index (χ1n) is 7.20. The number of benzene rings is 1. The van der Waals surface area contributed by atoms with Gasteiger partial charge in [0.25, 0.3) is 5.56 Å². The van der Waals surface area contributed by atoms with Gasteiger partial charge in [0, 0.05) is 9.90 Å². The normalized spacial score (nSPS) is 11.0. The first-order valence-corrected chi connectivity index (χ1v) is 8.78. The van der Waals surface area contributed by atoms with Gasteiger partial charge in [-0.2, -0.15) is 0 Å². The molecule has 3 aromatic rings. The van der Waals surface area contributed by atoms with Crippen LogP contribution in [0.4, 0.5) is 5.69 Å². The molecule has 2 aromatic heterocycles. The summed E-state index contributed by atoms with van der Waals surface area (Å²) >= 11 is 13.4. The summed E-state index contributed by atoms with van der Waals surface area (Å²) in [5.74, 6) is -0.381. The van der Waals surface area contributed by atoms with E-state index in [1.54, 1.807) is 18.2 Å². The van der Waals surface area contributed by atoms with Gasteiger partial charge < -0.3 is 5.32 Å². The monoisotopic (exact) mass is 381 g/mol. The zero-order valence-electron chi connectivity index (χ0n) is 12.7. The van der Waals surface area contributed by atoms with E-state index >= 15 is 0 Å². The highest BCUT2D eigenvalue weighted by Crippen LogP contribution is 2.25. The molecule has 0 aliphatic heterocycles. The van der Waals surface area contributed by atoms with E-state index in [9.17, 15) is 9.59 Å². The van der Waals surface area contributed by atoms with Crippen LogP contribution >= 0.6 is 34.5 Å². The molecule has 124 valence electrons. The Hall–Kier alpha value is -1.89. The largest absolute Gasteiger partial charge is 0.323 e. The van der Waals surface area contributed by atoms with E-state index in [0.717, 1.165) is 11.3 Å². The number of carbonyl (C=O) groups excluding carboxylic acids is 1. The second-order valence-corrected chi connectivity index (χ2v) is 7.09. The maximum Gasteiger partial charge on any atom is 0.262 e. The number of amides is 1. The summed E-state index contributed by atoms with van der Waals surface area (Å²) < 4.78 is 1.28. The Morgan fingerprint density at radius 2 is 2.12 bits per heavy atom. The van der Waals surface area contributed by atoms with E-state index in [1.165, 1.54) is 22.2 Å². The summed E-state index contributed by atoms with van der Waals surface area (Å²) in [7, 11) is 0. The molecule has 8 heteroatoms. The van der Waals surface area contributed by atoms with Crippen molar-refractivity contribution in [2.75, 3.05) is 5.32 Å². The standard InChI is InChI=1S/C16H13Cl2N3O2S/c1-2-10-6-11-15(24-10)19-8-21(16(11)23)7-14(22)20-13-5-9(17)3-4-12(13)18/h3-6,8H,2,7H2,1H3,(H,20,22). The zero-order chi connectivity index (χ0) is 17.3. The fourth-order valence-electron chi connectivity index (χ4n) is 2.23. The van der Waals surface area contributed by atoms with Crippen LogP contribution in [0, 0.1) is 0 Å². The van der Waals surface area contributed by atoms with Crippen LogP contribution in [0.25, 0.3) is 10.2 Å². The minimum atomic E-state index is -0.381. The summed E-state index contributed by atoms with van der Waals surface area (Å²) in [6, 6.07) is 6.61. The third kappa shape index (κ3) is 3.45. The van der Waals surface area contributed by atoms with Gasteiger partial charge in [-0.25, -0.2) is 4.98 Å². The molecule has 0 aliphatic carbocycles. The lowest BCUT2D eigenvalue weighted by Gasteiger charge is -2.09.